The van der Waals surface area contributed by atoms with E-state index in [0.717, 1.165) is 19.5 Å². The van der Waals surface area contributed by atoms with Gasteiger partial charge in [0.1, 0.15) is 5.82 Å². The number of nitrogens with zero attached hydrogens (tertiary/aromatic N) is 4. The van der Waals surface area contributed by atoms with Crippen LogP contribution in [0.1, 0.15) is 17.5 Å². The zero-order valence-electron chi connectivity index (χ0n) is 10.4. The Bertz CT molecular complexity index is 559. The van der Waals surface area contributed by atoms with Crippen LogP contribution in [-0.4, -0.2) is 21.5 Å². The molecular weight excluding hydrogens is 245 g/mol. The van der Waals surface area contributed by atoms with Gasteiger partial charge < -0.3 is 5.32 Å². The first-order valence-corrected chi connectivity index (χ1v) is 6.03. The summed E-state index contributed by atoms with van der Waals surface area (Å²) >= 11 is 0. The average Bonchev–Trinajstić information content (AvgIpc) is 2.93. The molecule has 2 aromatic rings. The molecule has 98 valence electrons. The highest BCUT2D eigenvalue weighted by Gasteiger charge is 2.02. The van der Waals surface area contributed by atoms with Gasteiger partial charge in [-0.15, -0.1) is 5.10 Å². The van der Waals surface area contributed by atoms with Crippen molar-refractivity contribution in [1.29, 1.82) is 5.26 Å². The summed E-state index contributed by atoms with van der Waals surface area (Å²) in [5.74, 6) is -0.345. The van der Waals surface area contributed by atoms with E-state index in [-0.39, 0.29) is 5.82 Å². The molecule has 0 saturated heterocycles. The number of aryl methyl sites for hydroxylation is 1. The molecule has 0 saturated carbocycles. The summed E-state index contributed by atoms with van der Waals surface area (Å²) in [4.78, 5) is 0. The Morgan fingerprint density at radius 3 is 3.00 bits per heavy atom. The number of nitrogens with one attached hydrogen (secondary N) is 1. The fourth-order valence-corrected chi connectivity index (χ4v) is 1.70. The van der Waals surface area contributed by atoms with Crippen LogP contribution >= 0.6 is 0 Å². The van der Waals surface area contributed by atoms with Gasteiger partial charge in [-0.2, -0.15) is 5.26 Å². The summed E-state index contributed by atoms with van der Waals surface area (Å²) in [6.45, 7) is 2.00. The average molecular weight is 259 g/mol. The summed E-state index contributed by atoms with van der Waals surface area (Å²) in [5, 5.41) is 19.4. The van der Waals surface area contributed by atoms with Crippen molar-refractivity contribution in [3.05, 3.63) is 47.5 Å². The van der Waals surface area contributed by atoms with E-state index >= 15 is 0 Å². The van der Waals surface area contributed by atoms with E-state index in [1.807, 2.05) is 6.07 Å². The van der Waals surface area contributed by atoms with E-state index in [4.69, 9.17) is 5.26 Å². The van der Waals surface area contributed by atoms with Crippen molar-refractivity contribution in [2.24, 2.45) is 0 Å². The van der Waals surface area contributed by atoms with Gasteiger partial charge in [0.2, 0.25) is 0 Å². The Morgan fingerprint density at radius 1 is 1.42 bits per heavy atom. The van der Waals surface area contributed by atoms with Crippen LogP contribution in [0, 0.1) is 17.1 Å². The summed E-state index contributed by atoms with van der Waals surface area (Å²) in [6, 6.07) is 6.43. The van der Waals surface area contributed by atoms with E-state index in [9.17, 15) is 4.39 Å². The summed E-state index contributed by atoms with van der Waals surface area (Å²) in [5.41, 5.74) is 0.909. The first kappa shape index (κ1) is 13.2. The number of benzene rings is 1. The zero-order valence-corrected chi connectivity index (χ0v) is 10.4. The Hall–Kier alpha value is -2.26. The lowest BCUT2D eigenvalue weighted by molar-refractivity contribution is 0.523. The Balaban J connectivity index is 1.72. The second-order valence-electron chi connectivity index (χ2n) is 4.11. The van der Waals surface area contributed by atoms with E-state index in [2.05, 4.69) is 15.6 Å². The molecule has 0 bridgehead atoms. The molecule has 1 N–H and O–H groups in total. The fourth-order valence-electron chi connectivity index (χ4n) is 1.70. The number of halogens is 1. The van der Waals surface area contributed by atoms with Gasteiger partial charge in [0.15, 0.2) is 0 Å². The Labute approximate surface area is 110 Å². The molecule has 5 nitrogen and oxygen atoms in total. The van der Waals surface area contributed by atoms with Crippen molar-refractivity contribution in [2.75, 3.05) is 6.54 Å². The molecule has 6 heteroatoms. The minimum absolute atomic E-state index is 0.340. The molecule has 0 unspecified atom stereocenters. The minimum Gasteiger partial charge on any atom is -0.312 e. The fraction of sp³-hybridized carbons (Fsp3) is 0.308. The lowest BCUT2D eigenvalue weighted by Crippen LogP contribution is -2.17. The molecule has 1 aromatic carbocycles. The van der Waals surface area contributed by atoms with Gasteiger partial charge in [0.05, 0.1) is 17.8 Å². The molecule has 0 aliphatic heterocycles. The topological polar surface area (TPSA) is 66.5 Å². The van der Waals surface area contributed by atoms with Crippen LogP contribution in [0.25, 0.3) is 0 Å². The van der Waals surface area contributed by atoms with E-state index < -0.39 is 0 Å². The third kappa shape index (κ3) is 3.86. The maximum Gasteiger partial charge on any atom is 0.129 e. The van der Waals surface area contributed by atoms with Crippen LogP contribution in [0.5, 0.6) is 0 Å². The van der Waals surface area contributed by atoms with Crippen molar-refractivity contribution in [1.82, 2.24) is 20.3 Å². The molecule has 0 fully saturated rings. The molecule has 0 radical (unpaired) electrons. The van der Waals surface area contributed by atoms with Crippen molar-refractivity contribution < 1.29 is 4.39 Å². The van der Waals surface area contributed by atoms with Crippen molar-refractivity contribution >= 4 is 0 Å². The molecular formula is C13H14FN5. The standard InChI is InChI=1S/C13H14FN5/c14-13-8-11(9-15)2-3-12(13)10-16-4-1-6-19-7-5-17-18-19/h2-3,5,7-8,16H,1,4,6,10H2. The predicted molar refractivity (Wildman–Crippen MR) is 67.5 cm³/mol. The first-order valence-electron chi connectivity index (χ1n) is 6.03. The van der Waals surface area contributed by atoms with Gasteiger partial charge >= 0.3 is 0 Å². The highest BCUT2D eigenvalue weighted by molar-refractivity contribution is 5.32. The molecule has 0 spiro atoms. The molecule has 0 aliphatic rings. The predicted octanol–water partition coefficient (Wildman–Crippen LogP) is 1.47. The molecule has 0 aliphatic carbocycles. The summed E-state index contributed by atoms with van der Waals surface area (Å²) in [6.07, 6.45) is 4.33. The second kappa shape index (κ2) is 6.61. The van der Waals surface area contributed by atoms with Gasteiger partial charge in [-0.05, 0) is 25.1 Å². The van der Waals surface area contributed by atoms with Gasteiger partial charge in [0, 0.05) is 24.8 Å². The largest absolute Gasteiger partial charge is 0.312 e. The Morgan fingerprint density at radius 2 is 2.32 bits per heavy atom. The van der Waals surface area contributed by atoms with E-state index in [1.54, 1.807) is 29.2 Å². The number of hydrogen-bond donors (Lipinski definition) is 1. The third-order valence-electron chi connectivity index (χ3n) is 2.71. The van der Waals surface area contributed by atoms with Crippen molar-refractivity contribution in [3.8, 4) is 6.07 Å². The number of aromatic nitrogens is 3. The second-order valence-corrected chi connectivity index (χ2v) is 4.11. The third-order valence-corrected chi connectivity index (χ3v) is 2.71. The van der Waals surface area contributed by atoms with E-state index in [0.29, 0.717) is 17.7 Å². The smallest absolute Gasteiger partial charge is 0.129 e. The molecule has 1 aromatic heterocycles. The summed E-state index contributed by atoms with van der Waals surface area (Å²) < 4.78 is 15.3. The minimum atomic E-state index is -0.345. The van der Waals surface area contributed by atoms with Gasteiger partial charge in [-0.1, -0.05) is 11.3 Å². The van der Waals surface area contributed by atoms with Crippen LogP contribution < -0.4 is 5.32 Å². The lowest BCUT2D eigenvalue weighted by atomic mass is 10.1. The molecule has 1 heterocycles. The number of rotatable bonds is 6. The maximum atomic E-state index is 13.6. The van der Waals surface area contributed by atoms with Crippen LogP contribution in [0.4, 0.5) is 4.39 Å². The van der Waals surface area contributed by atoms with Gasteiger partial charge in [-0.25, -0.2) is 4.39 Å². The zero-order chi connectivity index (χ0) is 13.5. The lowest BCUT2D eigenvalue weighted by Gasteiger charge is -2.06. The number of hydrogen-bond acceptors (Lipinski definition) is 4. The Kier molecular flexibility index (Phi) is 4.59. The molecule has 0 atom stereocenters. The van der Waals surface area contributed by atoms with Crippen LogP contribution in [0.15, 0.2) is 30.6 Å². The van der Waals surface area contributed by atoms with Crippen LogP contribution in [0.3, 0.4) is 0 Å². The summed E-state index contributed by atoms with van der Waals surface area (Å²) in [7, 11) is 0. The van der Waals surface area contributed by atoms with E-state index in [1.165, 1.54) is 6.07 Å². The highest BCUT2D eigenvalue weighted by Crippen LogP contribution is 2.09. The molecule has 2 rings (SSSR count). The van der Waals surface area contributed by atoms with Crippen LogP contribution in [-0.2, 0) is 13.1 Å². The van der Waals surface area contributed by atoms with Crippen molar-refractivity contribution in [2.45, 2.75) is 19.5 Å². The maximum absolute atomic E-state index is 13.6. The number of nitriles is 1. The normalized spacial score (nSPS) is 10.3. The first-order chi connectivity index (χ1) is 9.29. The van der Waals surface area contributed by atoms with Gasteiger partial charge in [-0.3, -0.25) is 4.68 Å². The van der Waals surface area contributed by atoms with Gasteiger partial charge in [0.25, 0.3) is 0 Å². The quantitative estimate of drug-likeness (QED) is 0.798. The molecule has 19 heavy (non-hydrogen) atoms. The van der Waals surface area contributed by atoms with Crippen LogP contribution in [0.2, 0.25) is 0 Å². The van der Waals surface area contributed by atoms with Crippen molar-refractivity contribution in [3.63, 3.8) is 0 Å². The SMILES string of the molecule is N#Cc1ccc(CNCCCn2ccnn2)c(F)c1. The monoisotopic (exact) mass is 259 g/mol. The molecule has 0 amide bonds. The highest BCUT2D eigenvalue weighted by atomic mass is 19.1.